The van der Waals surface area contributed by atoms with Crippen molar-refractivity contribution in [3.63, 3.8) is 0 Å². The summed E-state index contributed by atoms with van der Waals surface area (Å²) in [6, 6.07) is 7.99. The van der Waals surface area contributed by atoms with Crippen LogP contribution < -0.4 is 11.1 Å². The van der Waals surface area contributed by atoms with E-state index in [4.69, 9.17) is 5.73 Å². The number of nitrogens with one attached hydrogen (secondary N) is 1. The minimum absolute atomic E-state index is 0. The zero-order valence-corrected chi connectivity index (χ0v) is 15.5. The topological polar surface area (TPSA) is 38.0 Å². The molecule has 0 aliphatic rings. The van der Waals surface area contributed by atoms with Gasteiger partial charge in [-0.25, -0.2) is 13.2 Å². The molecule has 0 aliphatic heterocycles. The van der Waals surface area contributed by atoms with Crippen molar-refractivity contribution >= 4 is 0 Å². The normalized spacial score (nSPS) is 11.1. The third kappa shape index (κ3) is 6.88. The molecule has 0 bridgehead atoms. The summed E-state index contributed by atoms with van der Waals surface area (Å²) in [4.78, 5) is 0. The highest BCUT2D eigenvalue weighted by Gasteiger charge is 2.16. The lowest BCUT2D eigenvalue weighted by Crippen LogP contribution is -2.26. The third-order valence-electron chi connectivity index (χ3n) is 3.23. The standard InChI is InChI=1S/C16H16F3N.C4H11N/c1-3-20-9-11-4-6-12(7-5-11)13-8-14(17)10(2)15(18)16(13)19;1-4(2,3)5/h4-8,20H,3,9H2,1-2H3;5H2,1-3H3. The molecular weight excluding hydrogens is 325 g/mol. The molecule has 0 heterocycles. The van der Waals surface area contributed by atoms with Crippen molar-refractivity contribution in [3.8, 4) is 11.1 Å². The lowest BCUT2D eigenvalue weighted by molar-refractivity contribution is 0.489. The Morgan fingerprint density at radius 3 is 2.00 bits per heavy atom. The second-order valence-electron chi connectivity index (χ2n) is 7.00. The number of nitrogens with two attached hydrogens (primary N) is 1. The Bertz CT molecular complexity index is 684. The van der Waals surface area contributed by atoms with E-state index < -0.39 is 17.5 Å². The van der Waals surface area contributed by atoms with E-state index >= 15 is 0 Å². The van der Waals surface area contributed by atoms with Gasteiger partial charge in [-0.3, -0.25) is 0 Å². The van der Waals surface area contributed by atoms with Crippen molar-refractivity contribution in [1.29, 1.82) is 0 Å². The molecular formula is C20H27F3N2. The van der Waals surface area contributed by atoms with Crippen LogP contribution in [-0.4, -0.2) is 12.1 Å². The van der Waals surface area contributed by atoms with E-state index in [-0.39, 0.29) is 16.7 Å². The number of hydrogen-bond donors (Lipinski definition) is 2. The summed E-state index contributed by atoms with van der Waals surface area (Å²) in [7, 11) is 0. The Labute approximate surface area is 148 Å². The Kier molecular flexibility index (Phi) is 7.64. The molecule has 3 N–H and O–H groups in total. The Morgan fingerprint density at radius 2 is 1.52 bits per heavy atom. The maximum Gasteiger partial charge on any atom is 0.167 e. The minimum Gasteiger partial charge on any atom is -0.326 e. The lowest BCUT2D eigenvalue weighted by atomic mass is 10.0. The van der Waals surface area contributed by atoms with Crippen LogP contribution in [-0.2, 0) is 6.54 Å². The van der Waals surface area contributed by atoms with E-state index in [1.54, 1.807) is 12.1 Å². The summed E-state index contributed by atoms with van der Waals surface area (Å²) in [6.45, 7) is 10.7. The molecule has 5 heteroatoms. The molecule has 0 spiro atoms. The molecule has 2 aromatic carbocycles. The summed E-state index contributed by atoms with van der Waals surface area (Å²) in [6.07, 6.45) is 0. The van der Waals surface area contributed by atoms with Crippen molar-refractivity contribution in [2.24, 2.45) is 5.73 Å². The minimum atomic E-state index is -1.13. The van der Waals surface area contributed by atoms with Crippen molar-refractivity contribution in [2.75, 3.05) is 6.54 Å². The van der Waals surface area contributed by atoms with Gasteiger partial charge >= 0.3 is 0 Å². The van der Waals surface area contributed by atoms with Crippen LogP contribution in [0.4, 0.5) is 13.2 Å². The molecule has 2 rings (SSSR count). The van der Waals surface area contributed by atoms with Crippen LogP contribution in [0.3, 0.4) is 0 Å². The van der Waals surface area contributed by atoms with Gasteiger partial charge in [0.2, 0.25) is 0 Å². The van der Waals surface area contributed by atoms with Crippen LogP contribution in [0, 0.1) is 24.4 Å². The SMILES string of the molecule is CC(C)(C)N.CCNCc1ccc(-c2cc(F)c(C)c(F)c2F)cc1. The van der Waals surface area contributed by atoms with E-state index in [2.05, 4.69) is 5.32 Å². The van der Waals surface area contributed by atoms with Gasteiger partial charge in [-0.15, -0.1) is 0 Å². The summed E-state index contributed by atoms with van der Waals surface area (Å²) < 4.78 is 41.0. The molecule has 0 aliphatic carbocycles. The predicted octanol–water partition coefficient (Wildman–Crippen LogP) is 4.93. The summed E-state index contributed by atoms with van der Waals surface area (Å²) >= 11 is 0. The zero-order chi connectivity index (χ0) is 19.2. The van der Waals surface area contributed by atoms with E-state index in [1.807, 2.05) is 39.8 Å². The van der Waals surface area contributed by atoms with Crippen LogP contribution >= 0.6 is 0 Å². The second-order valence-corrected chi connectivity index (χ2v) is 7.00. The van der Waals surface area contributed by atoms with Crippen LogP contribution in [0.15, 0.2) is 30.3 Å². The van der Waals surface area contributed by atoms with Crippen molar-refractivity contribution in [3.05, 3.63) is 58.9 Å². The van der Waals surface area contributed by atoms with Gasteiger partial charge in [0.25, 0.3) is 0 Å². The predicted molar refractivity (Wildman–Crippen MR) is 97.8 cm³/mol. The Morgan fingerprint density at radius 1 is 1.00 bits per heavy atom. The number of hydrogen-bond acceptors (Lipinski definition) is 2. The number of benzene rings is 2. The molecule has 2 nitrogen and oxygen atoms in total. The first-order valence-corrected chi connectivity index (χ1v) is 8.27. The Balaban J connectivity index is 0.000000550. The van der Waals surface area contributed by atoms with Crippen molar-refractivity contribution in [1.82, 2.24) is 5.32 Å². The number of rotatable bonds is 4. The monoisotopic (exact) mass is 352 g/mol. The van der Waals surface area contributed by atoms with Crippen molar-refractivity contribution in [2.45, 2.75) is 46.7 Å². The largest absolute Gasteiger partial charge is 0.326 e. The smallest absolute Gasteiger partial charge is 0.167 e. The summed E-state index contributed by atoms with van der Waals surface area (Å²) in [5, 5.41) is 3.17. The second kappa shape index (κ2) is 9.02. The van der Waals surface area contributed by atoms with Crippen LogP contribution in [0.25, 0.3) is 11.1 Å². The van der Waals surface area contributed by atoms with Gasteiger partial charge in [-0.1, -0.05) is 31.2 Å². The maximum atomic E-state index is 13.9. The molecule has 0 aromatic heterocycles. The van der Waals surface area contributed by atoms with E-state index in [0.29, 0.717) is 12.1 Å². The van der Waals surface area contributed by atoms with Crippen molar-refractivity contribution < 1.29 is 13.2 Å². The lowest BCUT2D eigenvalue weighted by Gasteiger charge is -2.09. The molecule has 0 saturated carbocycles. The fraction of sp³-hybridized carbons (Fsp3) is 0.400. The third-order valence-corrected chi connectivity index (χ3v) is 3.23. The molecule has 2 aromatic rings. The van der Waals surface area contributed by atoms with E-state index in [0.717, 1.165) is 18.2 Å². The van der Waals surface area contributed by atoms with Crippen LogP contribution in [0.1, 0.15) is 38.8 Å². The summed E-state index contributed by atoms with van der Waals surface area (Å²) in [5.74, 6) is -2.88. The average molecular weight is 352 g/mol. The van der Waals surface area contributed by atoms with Gasteiger partial charge in [0.05, 0.1) is 0 Å². The van der Waals surface area contributed by atoms with E-state index in [1.165, 1.54) is 6.92 Å². The highest BCUT2D eigenvalue weighted by atomic mass is 19.2. The molecule has 25 heavy (non-hydrogen) atoms. The molecule has 0 amide bonds. The fourth-order valence-electron chi connectivity index (χ4n) is 1.97. The van der Waals surface area contributed by atoms with Gasteiger partial charge in [0.15, 0.2) is 11.6 Å². The first kappa shape index (κ1) is 21.2. The molecule has 0 atom stereocenters. The van der Waals surface area contributed by atoms with Gasteiger partial charge in [-0.05, 0) is 51.4 Å². The molecule has 138 valence electrons. The quantitative estimate of drug-likeness (QED) is 0.766. The number of halogens is 3. The summed E-state index contributed by atoms with van der Waals surface area (Å²) in [5.41, 5.74) is 6.49. The van der Waals surface area contributed by atoms with Gasteiger partial charge in [0, 0.05) is 23.2 Å². The highest BCUT2D eigenvalue weighted by Crippen LogP contribution is 2.28. The van der Waals surface area contributed by atoms with Crippen LogP contribution in [0.5, 0.6) is 0 Å². The van der Waals surface area contributed by atoms with E-state index in [9.17, 15) is 13.2 Å². The highest BCUT2D eigenvalue weighted by molar-refractivity contribution is 5.65. The first-order valence-electron chi connectivity index (χ1n) is 8.27. The fourth-order valence-corrected chi connectivity index (χ4v) is 1.97. The molecule has 0 unspecified atom stereocenters. The van der Waals surface area contributed by atoms with Gasteiger partial charge in [0.1, 0.15) is 5.82 Å². The molecule has 0 fully saturated rings. The Hall–Kier alpha value is -1.85. The zero-order valence-electron chi connectivity index (χ0n) is 15.5. The van der Waals surface area contributed by atoms with Gasteiger partial charge < -0.3 is 11.1 Å². The maximum absolute atomic E-state index is 13.9. The average Bonchev–Trinajstić information content (AvgIpc) is 2.53. The van der Waals surface area contributed by atoms with Gasteiger partial charge in [-0.2, -0.15) is 0 Å². The van der Waals surface area contributed by atoms with Crippen LogP contribution in [0.2, 0.25) is 0 Å². The molecule has 0 radical (unpaired) electrons. The molecule has 0 saturated heterocycles. The first-order chi connectivity index (χ1) is 11.5.